The van der Waals surface area contributed by atoms with Gasteiger partial charge in [-0.2, -0.15) is 4.31 Å². The molecule has 0 spiro atoms. The normalized spacial score (nSPS) is 21.1. The van der Waals surface area contributed by atoms with E-state index < -0.39 is 16.1 Å². The molecule has 1 atom stereocenters. The molecule has 1 heterocycles. The van der Waals surface area contributed by atoms with Crippen LogP contribution in [0.25, 0.3) is 0 Å². The van der Waals surface area contributed by atoms with Crippen LogP contribution in [0.5, 0.6) is 0 Å². The lowest BCUT2D eigenvalue weighted by Gasteiger charge is -2.36. The Morgan fingerprint density at radius 3 is 2.48 bits per heavy atom. The van der Waals surface area contributed by atoms with E-state index in [1.165, 1.54) is 0 Å². The lowest BCUT2D eigenvalue weighted by molar-refractivity contribution is 0.173. The highest BCUT2D eigenvalue weighted by Gasteiger charge is 2.32. The van der Waals surface area contributed by atoms with Gasteiger partial charge in [-0.25, -0.2) is 8.42 Å². The fraction of sp³-hybridized carbons (Fsp3) is 0.625. The molecule has 21 heavy (non-hydrogen) atoms. The first-order valence-corrected chi connectivity index (χ1v) is 8.98. The number of hydrogen-bond donors (Lipinski definition) is 1. The van der Waals surface area contributed by atoms with Crippen molar-refractivity contribution in [2.24, 2.45) is 5.41 Å². The molecule has 5 heteroatoms. The summed E-state index contributed by atoms with van der Waals surface area (Å²) in [4.78, 5) is 0.284. The van der Waals surface area contributed by atoms with Gasteiger partial charge in [0.15, 0.2) is 0 Å². The van der Waals surface area contributed by atoms with Crippen LogP contribution in [-0.4, -0.2) is 30.9 Å². The summed E-state index contributed by atoms with van der Waals surface area (Å²) in [7, 11) is -3.45. The lowest BCUT2D eigenvalue weighted by Crippen LogP contribution is -2.41. The van der Waals surface area contributed by atoms with Gasteiger partial charge in [-0.3, -0.25) is 0 Å². The molecule has 1 fully saturated rings. The molecule has 1 aliphatic rings. The third kappa shape index (κ3) is 3.65. The van der Waals surface area contributed by atoms with Gasteiger partial charge >= 0.3 is 0 Å². The molecule has 0 amide bonds. The number of nitrogens with zero attached hydrogens (tertiary/aromatic N) is 1. The molecule has 118 valence electrons. The van der Waals surface area contributed by atoms with Crippen molar-refractivity contribution in [3.8, 4) is 0 Å². The number of sulfonamides is 1. The predicted octanol–water partition coefficient (Wildman–Crippen LogP) is 2.94. The summed E-state index contributed by atoms with van der Waals surface area (Å²) < 4.78 is 27.0. The smallest absolute Gasteiger partial charge is 0.243 e. The van der Waals surface area contributed by atoms with Gasteiger partial charge in [-0.15, -0.1) is 0 Å². The summed E-state index contributed by atoms with van der Waals surface area (Å²) >= 11 is 0. The van der Waals surface area contributed by atoms with E-state index in [2.05, 4.69) is 13.8 Å². The Morgan fingerprint density at radius 2 is 1.90 bits per heavy atom. The second kappa shape index (κ2) is 6.07. The van der Waals surface area contributed by atoms with E-state index in [0.717, 1.165) is 12.8 Å². The van der Waals surface area contributed by atoms with Crippen molar-refractivity contribution in [1.29, 1.82) is 0 Å². The molecular formula is C16H25NO3S. The van der Waals surface area contributed by atoms with Gasteiger partial charge in [0.2, 0.25) is 10.0 Å². The van der Waals surface area contributed by atoms with Crippen molar-refractivity contribution in [3.05, 3.63) is 29.8 Å². The average Bonchev–Trinajstić information content (AvgIpc) is 2.46. The fourth-order valence-corrected chi connectivity index (χ4v) is 4.10. The van der Waals surface area contributed by atoms with Gasteiger partial charge in [-0.05, 0) is 42.4 Å². The second-order valence-electron chi connectivity index (χ2n) is 6.56. The van der Waals surface area contributed by atoms with Crippen LogP contribution in [0.3, 0.4) is 0 Å². The number of rotatable bonds is 4. The molecule has 1 aliphatic heterocycles. The Morgan fingerprint density at radius 1 is 1.29 bits per heavy atom. The molecule has 1 N–H and O–H groups in total. The first kappa shape index (κ1) is 16.5. The van der Waals surface area contributed by atoms with Crippen LogP contribution < -0.4 is 0 Å². The van der Waals surface area contributed by atoms with Crippen molar-refractivity contribution in [3.63, 3.8) is 0 Å². The maximum atomic E-state index is 12.7. The van der Waals surface area contributed by atoms with Crippen LogP contribution >= 0.6 is 0 Å². The molecule has 1 unspecified atom stereocenters. The first-order valence-electron chi connectivity index (χ1n) is 7.54. The maximum Gasteiger partial charge on any atom is 0.243 e. The molecule has 0 aliphatic carbocycles. The molecule has 1 aromatic carbocycles. The minimum absolute atomic E-state index is 0.215. The lowest BCUT2D eigenvalue weighted by atomic mass is 9.83. The van der Waals surface area contributed by atoms with Crippen LogP contribution in [0.1, 0.15) is 51.7 Å². The Balaban J connectivity index is 2.24. The van der Waals surface area contributed by atoms with Crippen molar-refractivity contribution in [2.45, 2.75) is 51.0 Å². The highest BCUT2D eigenvalue weighted by Crippen LogP contribution is 2.32. The summed E-state index contributed by atoms with van der Waals surface area (Å²) in [5.74, 6) is 0. The quantitative estimate of drug-likeness (QED) is 0.930. The van der Waals surface area contributed by atoms with Crippen LogP contribution in [0.2, 0.25) is 0 Å². The summed E-state index contributed by atoms with van der Waals surface area (Å²) in [6.45, 7) is 7.36. The Bertz CT molecular complexity index is 585. The van der Waals surface area contributed by atoms with E-state index >= 15 is 0 Å². The molecule has 1 aromatic rings. The van der Waals surface area contributed by atoms with Crippen molar-refractivity contribution >= 4 is 10.0 Å². The van der Waals surface area contributed by atoms with E-state index in [1.54, 1.807) is 28.6 Å². The molecule has 0 bridgehead atoms. The number of hydrogen-bond acceptors (Lipinski definition) is 3. The summed E-state index contributed by atoms with van der Waals surface area (Å²) in [5, 5.41) is 9.89. The Kier molecular flexibility index (Phi) is 4.76. The van der Waals surface area contributed by atoms with Gasteiger partial charge < -0.3 is 5.11 Å². The molecule has 0 saturated carbocycles. The Hall–Kier alpha value is -0.910. The maximum absolute atomic E-state index is 12.7. The van der Waals surface area contributed by atoms with E-state index in [-0.39, 0.29) is 10.3 Å². The molecule has 4 nitrogen and oxygen atoms in total. The number of aliphatic hydroxyl groups excluding tert-OH is 1. The summed E-state index contributed by atoms with van der Waals surface area (Å²) in [6.07, 6.45) is 1.72. The van der Waals surface area contributed by atoms with Gasteiger partial charge in [-0.1, -0.05) is 32.9 Å². The Labute approximate surface area is 127 Å². The standard InChI is InChI=1S/C16H25NO3S/c1-4-15(18)13-6-5-7-14(12-13)21(19,20)17-10-8-16(2,3)9-11-17/h5-7,12,15,18H,4,8-11H2,1-3H3. The molecule has 2 rings (SSSR count). The van der Waals surface area contributed by atoms with Crippen molar-refractivity contribution in [1.82, 2.24) is 4.31 Å². The molecular weight excluding hydrogens is 286 g/mol. The van der Waals surface area contributed by atoms with Crippen molar-refractivity contribution in [2.75, 3.05) is 13.1 Å². The first-order chi connectivity index (χ1) is 9.76. The number of piperidine rings is 1. The molecule has 0 radical (unpaired) electrons. The van der Waals surface area contributed by atoms with Gasteiger partial charge in [0, 0.05) is 13.1 Å². The fourth-order valence-electron chi connectivity index (χ4n) is 2.60. The zero-order chi connectivity index (χ0) is 15.7. The molecule has 0 aromatic heterocycles. The summed E-state index contributed by atoms with van der Waals surface area (Å²) in [6, 6.07) is 6.69. The van der Waals surface area contributed by atoms with E-state index in [9.17, 15) is 13.5 Å². The van der Waals surface area contributed by atoms with Crippen LogP contribution in [0.4, 0.5) is 0 Å². The third-order valence-electron chi connectivity index (χ3n) is 4.34. The highest BCUT2D eigenvalue weighted by molar-refractivity contribution is 7.89. The molecule has 1 saturated heterocycles. The van der Waals surface area contributed by atoms with Crippen LogP contribution in [-0.2, 0) is 10.0 Å². The largest absolute Gasteiger partial charge is 0.388 e. The zero-order valence-electron chi connectivity index (χ0n) is 13.0. The minimum atomic E-state index is -3.45. The van der Waals surface area contributed by atoms with Gasteiger partial charge in [0.25, 0.3) is 0 Å². The SMILES string of the molecule is CCC(O)c1cccc(S(=O)(=O)N2CCC(C)(C)CC2)c1. The van der Waals surface area contributed by atoms with E-state index in [1.807, 2.05) is 6.92 Å². The minimum Gasteiger partial charge on any atom is -0.388 e. The van der Waals surface area contributed by atoms with Crippen LogP contribution in [0.15, 0.2) is 29.2 Å². The van der Waals surface area contributed by atoms with E-state index in [4.69, 9.17) is 0 Å². The van der Waals surface area contributed by atoms with Crippen molar-refractivity contribution < 1.29 is 13.5 Å². The number of aliphatic hydroxyl groups is 1. The zero-order valence-corrected chi connectivity index (χ0v) is 13.9. The average molecular weight is 311 g/mol. The van der Waals surface area contributed by atoms with Crippen LogP contribution in [0, 0.1) is 5.41 Å². The van der Waals surface area contributed by atoms with Gasteiger partial charge in [0.05, 0.1) is 11.0 Å². The topological polar surface area (TPSA) is 57.6 Å². The second-order valence-corrected chi connectivity index (χ2v) is 8.50. The third-order valence-corrected chi connectivity index (χ3v) is 6.24. The predicted molar refractivity (Wildman–Crippen MR) is 83.5 cm³/mol. The monoisotopic (exact) mass is 311 g/mol. The van der Waals surface area contributed by atoms with E-state index in [0.29, 0.717) is 25.1 Å². The summed E-state index contributed by atoms with van der Waals surface area (Å²) in [5.41, 5.74) is 0.877. The highest BCUT2D eigenvalue weighted by atomic mass is 32.2. The number of benzene rings is 1. The van der Waals surface area contributed by atoms with Gasteiger partial charge in [0.1, 0.15) is 0 Å².